The first-order chi connectivity index (χ1) is 9.55. The molecule has 4 nitrogen and oxygen atoms in total. The van der Waals surface area contributed by atoms with Gasteiger partial charge in [-0.25, -0.2) is 5.01 Å². The molecule has 1 aliphatic heterocycles. The van der Waals surface area contributed by atoms with E-state index in [1.807, 2.05) is 44.4 Å². The first-order valence-corrected chi connectivity index (χ1v) is 7.25. The predicted octanol–water partition coefficient (Wildman–Crippen LogP) is 1.53. The Morgan fingerprint density at radius 1 is 1.25 bits per heavy atom. The van der Waals surface area contributed by atoms with Crippen LogP contribution in [0, 0.1) is 5.41 Å². The first kappa shape index (κ1) is 15.0. The van der Waals surface area contributed by atoms with Gasteiger partial charge in [0.15, 0.2) is 0 Å². The topological polar surface area (TPSA) is 35.6 Å². The minimum Gasteiger partial charge on any atom is -0.316 e. The Morgan fingerprint density at radius 2 is 1.95 bits per heavy atom. The standard InChI is InChI=1S/C16H25N3O/c1-18(2)19(3)15(20)16(10-7-11-17-13-16)12-14-8-5-4-6-9-14/h4-6,8-9,17H,7,10-13H2,1-3H3/t16-/m1/s1. The molecule has 0 spiro atoms. The summed E-state index contributed by atoms with van der Waals surface area (Å²) in [5.41, 5.74) is 0.912. The van der Waals surface area contributed by atoms with Crippen LogP contribution in [0.4, 0.5) is 0 Å². The lowest BCUT2D eigenvalue weighted by atomic mass is 9.74. The van der Waals surface area contributed by atoms with Crippen molar-refractivity contribution in [1.29, 1.82) is 0 Å². The average molecular weight is 275 g/mol. The Balaban J connectivity index is 2.23. The van der Waals surface area contributed by atoms with Crippen LogP contribution >= 0.6 is 0 Å². The van der Waals surface area contributed by atoms with E-state index in [-0.39, 0.29) is 11.3 Å². The average Bonchev–Trinajstić information content (AvgIpc) is 2.47. The van der Waals surface area contributed by atoms with E-state index in [1.54, 1.807) is 5.01 Å². The zero-order valence-electron chi connectivity index (χ0n) is 12.7. The fraction of sp³-hybridized carbons (Fsp3) is 0.562. The van der Waals surface area contributed by atoms with Gasteiger partial charge in [0, 0.05) is 27.7 Å². The lowest BCUT2D eigenvalue weighted by Gasteiger charge is -2.40. The monoisotopic (exact) mass is 275 g/mol. The molecule has 1 heterocycles. The normalized spacial score (nSPS) is 22.8. The Hall–Kier alpha value is -1.39. The molecular weight excluding hydrogens is 250 g/mol. The van der Waals surface area contributed by atoms with Crippen LogP contribution in [-0.2, 0) is 11.2 Å². The van der Waals surface area contributed by atoms with Gasteiger partial charge in [-0.1, -0.05) is 30.3 Å². The molecular formula is C16H25N3O. The van der Waals surface area contributed by atoms with E-state index >= 15 is 0 Å². The molecule has 0 bridgehead atoms. The van der Waals surface area contributed by atoms with Gasteiger partial charge in [-0.3, -0.25) is 9.80 Å². The molecule has 1 aliphatic rings. The molecule has 0 unspecified atom stereocenters. The van der Waals surface area contributed by atoms with Crippen LogP contribution in [0.5, 0.6) is 0 Å². The van der Waals surface area contributed by atoms with Crippen molar-refractivity contribution >= 4 is 5.91 Å². The van der Waals surface area contributed by atoms with Gasteiger partial charge < -0.3 is 5.32 Å². The number of amides is 1. The third-order valence-electron chi connectivity index (χ3n) is 4.21. The number of hydrazine groups is 1. The van der Waals surface area contributed by atoms with Gasteiger partial charge in [-0.15, -0.1) is 0 Å². The summed E-state index contributed by atoms with van der Waals surface area (Å²) in [4.78, 5) is 12.9. The lowest BCUT2D eigenvalue weighted by molar-refractivity contribution is -0.154. The lowest BCUT2D eigenvalue weighted by Crippen LogP contribution is -2.55. The van der Waals surface area contributed by atoms with Gasteiger partial charge in [-0.2, -0.15) is 0 Å². The molecule has 0 aliphatic carbocycles. The maximum absolute atomic E-state index is 12.9. The van der Waals surface area contributed by atoms with Gasteiger partial charge in [-0.05, 0) is 31.4 Å². The van der Waals surface area contributed by atoms with E-state index in [1.165, 1.54) is 5.56 Å². The van der Waals surface area contributed by atoms with Crippen LogP contribution in [0.1, 0.15) is 18.4 Å². The number of hydrogen-bond acceptors (Lipinski definition) is 3. The largest absolute Gasteiger partial charge is 0.316 e. The number of nitrogens with zero attached hydrogens (tertiary/aromatic N) is 2. The van der Waals surface area contributed by atoms with Crippen molar-refractivity contribution in [1.82, 2.24) is 15.3 Å². The summed E-state index contributed by atoms with van der Waals surface area (Å²) >= 11 is 0. The fourth-order valence-corrected chi connectivity index (χ4v) is 2.89. The maximum Gasteiger partial charge on any atom is 0.244 e. The predicted molar refractivity (Wildman–Crippen MR) is 81.1 cm³/mol. The Morgan fingerprint density at radius 3 is 2.50 bits per heavy atom. The summed E-state index contributed by atoms with van der Waals surface area (Å²) in [6.45, 7) is 1.77. The smallest absolute Gasteiger partial charge is 0.244 e. The third kappa shape index (κ3) is 3.19. The molecule has 1 fully saturated rings. The molecule has 1 saturated heterocycles. The first-order valence-electron chi connectivity index (χ1n) is 7.25. The van der Waals surface area contributed by atoms with Crippen molar-refractivity contribution in [3.05, 3.63) is 35.9 Å². The third-order valence-corrected chi connectivity index (χ3v) is 4.21. The van der Waals surface area contributed by atoms with Crippen LogP contribution in [-0.4, -0.2) is 50.2 Å². The summed E-state index contributed by atoms with van der Waals surface area (Å²) in [6.07, 6.45) is 2.81. The van der Waals surface area contributed by atoms with Crippen molar-refractivity contribution < 1.29 is 4.79 Å². The molecule has 0 aromatic heterocycles. The highest BCUT2D eigenvalue weighted by Gasteiger charge is 2.41. The number of carbonyl (C=O) groups is 1. The number of carbonyl (C=O) groups excluding carboxylic acids is 1. The highest BCUT2D eigenvalue weighted by Crippen LogP contribution is 2.32. The summed E-state index contributed by atoms with van der Waals surface area (Å²) < 4.78 is 0. The van der Waals surface area contributed by atoms with E-state index in [2.05, 4.69) is 17.4 Å². The second-order valence-electron chi connectivity index (χ2n) is 5.90. The molecule has 1 aromatic rings. The van der Waals surface area contributed by atoms with Crippen LogP contribution in [0.25, 0.3) is 0 Å². The Bertz CT molecular complexity index is 438. The van der Waals surface area contributed by atoms with Gasteiger partial charge in [0.2, 0.25) is 5.91 Å². The minimum absolute atomic E-state index is 0.207. The van der Waals surface area contributed by atoms with E-state index < -0.39 is 0 Å². The van der Waals surface area contributed by atoms with Crippen molar-refractivity contribution in [3.8, 4) is 0 Å². The van der Waals surface area contributed by atoms with Gasteiger partial charge in [0.25, 0.3) is 0 Å². The second kappa shape index (κ2) is 6.37. The summed E-state index contributed by atoms with van der Waals surface area (Å²) in [6, 6.07) is 10.3. The molecule has 0 saturated carbocycles. The number of rotatable bonds is 4. The Kier molecular flexibility index (Phi) is 4.78. The quantitative estimate of drug-likeness (QED) is 0.847. The van der Waals surface area contributed by atoms with Crippen molar-refractivity contribution in [2.75, 3.05) is 34.2 Å². The van der Waals surface area contributed by atoms with E-state index in [0.717, 1.165) is 32.4 Å². The molecule has 0 radical (unpaired) electrons. The highest BCUT2D eigenvalue weighted by atomic mass is 16.2. The molecule has 2 rings (SSSR count). The van der Waals surface area contributed by atoms with Gasteiger partial charge >= 0.3 is 0 Å². The molecule has 1 N–H and O–H groups in total. The van der Waals surface area contributed by atoms with Crippen molar-refractivity contribution in [3.63, 3.8) is 0 Å². The fourth-order valence-electron chi connectivity index (χ4n) is 2.89. The highest BCUT2D eigenvalue weighted by molar-refractivity contribution is 5.83. The molecule has 1 amide bonds. The van der Waals surface area contributed by atoms with E-state index in [4.69, 9.17) is 0 Å². The summed E-state index contributed by atoms with van der Waals surface area (Å²) in [5.74, 6) is 0.207. The number of hydrogen-bond donors (Lipinski definition) is 1. The Labute approximate surface area is 121 Å². The van der Waals surface area contributed by atoms with E-state index in [0.29, 0.717) is 0 Å². The zero-order chi connectivity index (χ0) is 14.6. The zero-order valence-corrected chi connectivity index (χ0v) is 12.7. The molecule has 110 valence electrons. The van der Waals surface area contributed by atoms with Crippen LogP contribution < -0.4 is 5.32 Å². The maximum atomic E-state index is 12.9. The SMILES string of the molecule is CN(C)N(C)C(=O)[C@@]1(Cc2ccccc2)CCCNC1. The van der Waals surface area contributed by atoms with E-state index in [9.17, 15) is 4.79 Å². The molecule has 1 aromatic carbocycles. The summed E-state index contributed by atoms with van der Waals surface area (Å²) in [7, 11) is 5.67. The van der Waals surface area contributed by atoms with Gasteiger partial charge in [0.1, 0.15) is 0 Å². The number of piperidine rings is 1. The molecule has 4 heteroatoms. The van der Waals surface area contributed by atoms with Crippen molar-refractivity contribution in [2.24, 2.45) is 5.41 Å². The minimum atomic E-state index is -0.321. The number of benzene rings is 1. The van der Waals surface area contributed by atoms with Crippen LogP contribution in [0.3, 0.4) is 0 Å². The van der Waals surface area contributed by atoms with Gasteiger partial charge in [0.05, 0.1) is 5.41 Å². The summed E-state index contributed by atoms with van der Waals surface area (Å²) in [5, 5.41) is 6.99. The second-order valence-corrected chi connectivity index (χ2v) is 5.90. The molecule has 20 heavy (non-hydrogen) atoms. The number of nitrogens with one attached hydrogen (secondary N) is 1. The van der Waals surface area contributed by atoms with Crippen molar-refractivity contribution in [2.45, 2.75) is 19.3 Å². The molecule has 1 atom stereocenters. The van der Waals surface area contributed by atoms with Crippen LogP contribution in [0.2, 0.25) is 0 Å². The van der Waals surface area contributed by atoms with Crippen LogP contribution in [0.15, 0.2) is 30.3 Å².